The number of fused-ring (bicyclic) bond motifs is 1. The molecule has 164 valence electrons. The number of hydrogen-bond donors (Lipinski definition) is 2. The summed E-state index contributed by atoms with van der Waals surface area (Å²) in [6.07, 6.45) is -2.32. The highest BCUT2D eigenvalue weighted by atomic mass is 19.4. The van der Waals surface area contributed by atoms with Gasteiger partial charge in [0.25, 0.3) is 5.91 Å². The first-order valence-corrected chi connectivity index (χ1v) is 9.64. The molecule has 1 aliphatic heterocycles. The van der Waals surface area contributed by atoms with Gasteiger partial charge in [-0.15, -0.1) is 0 Å². The summed E-state index contributed by atoms with van der Waals surface area (Å²) < 4.78 is 42.3. The van der Waals surface area contributed by atoms with Crippen molar-refractivity contribution in [3.63, 3.8) is 0 Å². The minimum Gasteiger partial charge on any atom is -0.497 e. The standard InChI is InChI=1S/C23H23F3N2O3/c1-22(2)12-16-7-8-17(31-3)10-18(16)19(28-22)11-20(29)14-5-4-6-15(9-14)21(30)27-13-23(24,25)26/h4-11,28H,12-13H2,1-3H3,(H,27,30)/b19-11-. The quantitative estimate of drug-likeness (QED) is 0.551. The zero-order chi connectivity index (χ0) is 22.8. The number of ketones is 1. The van der Waals surface area contributed by atoms with Crippen molar-refractivity contribution in [3.05, 3.63) is 70.8 Å². The number of halogens is 3. The van der Waals surface area contributed by atoms with Crippen molar-refractivity contribution in [3.8, 4) is 5.75 Å². The van der Waals surface area contributed by atoms with E-state index in [1.165, 1.54) is 30.3 Å². The number of nitrogens with one attached hydrogen (secondary N) is 2. The van der Waals surface area contributed by atoms with Crippen LogP contribution < -0.4 is 15.4 Å². The van der Waals surface area contributed by atoms with Crippen LogP contribution in [0.4, 0.5) is 13.2 Å². The Hall–Kier alpha value is -3.29. The summed E-state index contributed by atoms with van der Waals surface area (Å²) in [5.74, 6) is -0.618. The van der Waals surface area contributed by atoms with E-state index in [4.69, 9.17) is 4.74 Å². The fourth-order valence-corrected chi connectivity index (χ4v) is 3.46. The van der Waals surface area contributed by atoms with E-state index in [0.29, 0.717) is 11.4 Å². The first-order chi connectivity index (χ1) is 14.5. The van der Waals surface area contributed by atoms with Gasteiger partial charge < -0.3 is 15.4 Å². The SMILES string of the molecule is COc1ccc2c(c1)/C(=C/C(=O)c1cccc(C(=O)NCC(F)(F)F)c1)NC(C)(C)C2. The van der Waals surface area contributed by atoms with Gasteiger partial charge in [0.2, 0.25) is 0 Å². The molecule has 3 rings (SSSR count). The molecule has 0 aromatic heterocycles. The third-order valence-electron chi connectivity index (χ3n) is 4.85. The minimum atomic E-state index is -4.51. The first-order valence-electron chi connectivity index (χ1n) is 9.64. The summed E-state index contributed by atoms with van der Waals surface area (Å²) in [7, 11) is 1.56. The van der Waals surface area contributed by atoms with Crippen LogP contribution in [0.15, 0.2) is 48.5 Å². The van der Waals surface area contributed by atoms with Gasteiger partial charge in [-0.3, -0.25) is 9.59 Å². The third kappa shape index (κ3) is 5.65. The number of alkyl halides is 3. The highest BCUT2D eigenvalue weighted by molar-refractivity contribution is 6.10. The molecule has 2 aromatic rings. The Labute approximate surface area is 178 Å². The average molecular weight is 432 g/mol. The molecular weight excluding hydrogens is 409 g/mol. The Morgan fingerprint density at radius 3 is 2.55 bits per heavy atom. The molecule has 0 bridgehead atoms. The Balaban J connectivity index is 1.89. The van der Waals surface area contributed by atoms with Crippen LogP contribution in [0, 0.1) is 0 Å². The summed E-state index contributed by atoms with van der Waals surface area (Å²) in [5, 5.41) is 5.16. The van der Waals surface area contributed by atoms with Crippen molar-refractivity contribution >= 4 is 17.4 Å². The van der Waals surface area contributed by atoms with Gasteiger partial charge in [0.05, 0.1) is 7.11 Å². The van der Waals surface area contributed by atoms with Gasteiger partial charge in [0, 0.05) is 34.0 Å². The van der Waals surface area contributed by atoms with Gasteiger partial charge >= 0.3 is 6.18 Å². The van der Waals surface area contributed by atoms with E-state index < -0.39 is 18.6 Å². The van der Waals surface area contributed by atoms with Crippen molar-refractivity contribution in [2.24, 2.45) is 0 Å². The summed E-state index contributed by atoms with van der Waals surface area (Å²) in [5.41, 5.74) is 2.40. The van der Waals surface area contributed by atoms with Crippen LogP contribution in [0.1, 0.15) is 45.7 Å². The first kappa shape index (κ1) is 22.4. The van der Waals surface area contributed by atoms with E-state index in [2.05, 4.69) is 5.32 Å². The maximum atomic E-state index is 12.9. The second-order valence-electron chi connectivity index (χ2n) is 8.01. The maximum absolute atomic E-state index is 12.9. The molecule has 8 heteroatoms. The predicted octanol–water partition coefficient (Wildman–Crippen LogP) is 4.14. The summed E-state index contributed by atoms with van der Waals surface area (Å²) in [6, 6.07) is 11.3. The second kappa shape index (κ2) is 8.45. The van der Waals surface area contributed by atoms with Gasteiger partial charge in [-0.05, 0) is 50.1 Å². The summed E-state index contributed by atoms with van der Waals surface area (Å²) in [6.45, 7) is 2.60. The molecule has 1 amide bonds. The second-order valence-corrected chi connectivity index (χ2v) is 8.01. The van der Waals surface area contributed by atoms with E-state index in [9.17, 15) is 22.8 Å². The molecule has 1 heterocycles. The predicted molar refractivity (Wildman–Crippen MR) is 111 cm³/mol. The number of amides is 1. The van der Waals surface area contributed by atoms with Gasteiger partial charge in [-0.2, -0.15) is 13.2 Å². The zero-order valence-electron chi connectivity index (χ0n) is 17.4. The number of allylic oxidation sites excluding steroid dienone is 1. The van der Waals surface area contributed by atoms with E-state index in [-0.39, 0.29) is 22.4 Å². The van der Waals surface area contributed by atoms with E-state index in [1.807, 2.05) is 32.0 Å². The van der Waals surface area contributed by atoms with Crippen molar-refractivity contribution in [1.82, 2.24) is 10.6 Å². The van der Waals surface area contributed by atoms with Crippen molar-refractivity contribution in [2.75, 3.05) is 13.7 Å². The molecule has 0 fully saturated rings. The van der Waals surface area contributed by atoms with Crippen molar-refractivity contribution in [2.45, 2.75) is 32.0 Å². The van der Waals surface area contributed by atoms with Gasteiger partial charge in [-0.25, -0.2) is 0 Å². The summed E-state index contributed by atoms with van der Waals surface area (Å²) >= 11 is 0. The van der Waals surface area contributed by atoms with Crippen molar-refractivity contribution in [1.29, 1.82) is 0 Å². The molecule has 2 aromatic carbocycles. The monoisotopic (exact) mass is 432 g/mol. The highest BCUT2D eigenvalue weighted by Crippen LogP contribution is 2.32. The molecule has 0 unspecified atom stereocenters. The number of hydrogen-bond acceptors (Lipinski definition) is 4. The topological polar surface area (TPSA) is 67.4 Å². The third-order valence-corrected chi connectivity index (χ3v) is 4.85. The van der Waals surface area contributed by atoms with Gasteiger partial charge in [-0.1, -0.05) is 18.2 Å². The molecule has 31 heavy (non-hydrogen) atoms. The van der Waals surface area contributed by atoms with Crippen LogP contribution >= 0.6 is 0 Å². The lowest BCUT2D eigenvalue weighted by Gasteiger charge is -2.35. The van der Waals surface area contributed by atoms with Gasteiger partial charge in [0.15, 0.2) is 5.78 Å². The fourth-order valence-electron chi connectivity index (χ4n) is 3.46. The molecule has 0 saturated heterocycles. The average Bonchev–Trinajstić information content (AvgIpc) is 2.70. The zero-order valence-corrected chi connectivity index (χ0v) is 17.4. The molecule has 5 nitrogen and oxygen atoms in total. The molecule has 1 aliphatic rings. The molecule has 0 aliphatic carbocycles. The number of rotatable bonds is 5. The number of benzene rings is 2. The normalized spacial score (nSPS) is 16.3. The molecule has 2 N–H and O–H groups in total. The largest absolute Gasteiger partial charge is 0.497 e. The van der Waals surface area contributed by atoms with Crippen LogP contribution in [0.25, 0.3) is 5.70 Å². The number of carbonyl (C=O) groups is 2. The highest BCUT2D eigenvalue weighted by Gasteiger charge is 2.29. The van der Waals surface area contributed by atoms with Gasteiger partial charge in [0.1, 0.15) is 12.3 Å². The lowest BCUT2D eigenvalue weighted by molar-refractivity contribution is -0.123. The number of carbonyl (C=O) groups excluding carboxylic acids is 2. The van der Waals surface area contributed by atoms with Crippen LogP contribution in [0.2, 0.25) is 0 Å². The molecule has 0 saturated carbocycles. The Bertz CT molecular complexity index is 1040. The minimum absolute atomic E-state index is 0.0208. The smallest absolute Gasteiger partial charge is 0.405 e. The number of ether oxygens (including phenoxy) is 1. The number of methoxy groups -OCH3 is 1. The van der Waals surface area contributed by atoms with E-state index in [0.717, 1.165) is 17.5 Å². The van der Waals surface area contributed by atoms with Crippen molar-refractivity contribution < 1.29 is 27.5 Å². The summed E-state index contributed by atoms with van der Waals surface area (Å²) in [4.78, 5) is 24.9. The lowest BCUT2D eigenvalue weighted by atomic mass is 9.85. The van der Waals surface area contributed by atoms with Crippen LogP contribution in [-0.2, 0) is 6.42 Å². The Morgan fingerprint density at radius 1 is 1.16 bits per heavy atom. The Kier molecular flexibility index (Phi) is 6.10. The maximum Gasteiger partial charge on any atom is 0.405 e. The van der Waals surface area contributed by atoms with Crippen LogP contribution in [0.3, 0.4) is 0 Å². The molecular formula is C23H23F3N2O3. The Morgan fingerprint density at radius 2 is 1.87 bits per heavy atom. The molecule has 0 spiro atoms. The van der Waals surface area contributed by atoms with Crippen LogP contribution in [0.5, 0.6) is 5.75 Å². The fraction of sp³-hybridized carbons (Fsp3) is 0.304. The lowest BCUT2D eigenvalue weighted by Crippen LogP contribution is -2.43. The molecule has 0 radical (unpaired) electrons. The van der Waals surface area contributed by atoms with E-state index in [1.54, 1.807) is 12.4 Å². The van der Waals surface area contributed by atoms with E-state index >= 15 is 0 Å². The van der Waals surface area contributed by atoms with Crippen LogP contribution in [-0.4, -0.2) is 37.1 Å². The molecule has 0 atom stereocenters.